The molecule has 0 aromatic carbocycles. The van der Waals surface area contributed by atoms with Crippen molar-refractivity contribution in [3.63, 3.8) is 0 Å². The van der Waals surface area contributed by atoms with Crippen LogP contribution in [0.25, 0.3) is 0 Å². The average molecular weight is 254 g/mol. The van der Waals surface area contributed by atoms with E-state index in [1.165, 1.54) is 0 Å². The molecule has 1 heterocycles. The highest BCUT2D eigenvalue weighted by Gasteiger charge is 2.47. The number of rotatable bonds is 5. The first kappa shape index (κ1) is 15.0. The molecule has 1 saturated heterocycles. The molecular weight excluding hydrogens is 228 g/mol. The van der Waals surface area contributed by atoms with E-state index in [2.05, 4.69) is 19.2 Å². The van der Waals surface area contributed by atoms with Crippen molar-refractivity contribution in [3.8, 4) is 0 Å². The molecule has 104 valence electrons. The summed E-state index contributed by atoms with van der Waals surface area (Å²) < 4.78 is 0. The minimum atomic E-state index is -0.680. The Labute approximate surface area is 110 Å². The van der Waals surface area contributed by atoms with E-state index in [4.69, 9.17) is 0 Å². The molecule has 4 heteroatoms. The van der Waals surface area contributed by atoms with Gasteiger partial charge in [0.05, 0.1) is 0 Å². The Kier molecular flexibility index (Phi) is 4.77. The van der Waals surface area contributed by atoms with Gasteiger partial charge in [0.1, 0.15) is 11.6 Å². The topological polar surface area (TPSA) is 49.4 Å². The Morgan fingerprint density at radius 3 is 2.39 bits per heavy atom. The monoisotopic (exact) mass is 254 g/mol. The van der Waals surface area contributed by atoms with Crippen LogP contribution in [0.1, 0.15) is 53.9 Å². The van der Waals surface area contributed by atoms with Crippen LogP contribution in [0.2, 0.25) is 0 Å². The summed E-state index contributed by atoms with van der Waals surface area (Å²) in [6.07, 6.45) is 2.24. The van der Waals surface area contributed by atoms with E-state index in [1.54, 1.807) is 4.90 Å². The van der Waals surface area contributed by atoms with Gasteiger partial charge in [0.2, 0.25) is 11.8 Å². The minimum absolute atomic E-state index is 0.0105. The molecule has 4 nitrogen and oxygen atoms in total. The van der Waals surface area contributed by atoms with Crippen molar-refractivity contribution in [3.05, 3.63) is 0 Å². The van der Waals surface area contributed by atoms with Crippen LogP contribution in [0.3, 0.4) is 0 Å². The summed E-state index contributed by atoms with van der Waals surface area (Å²) in [6, 6.07) is -0.344. The molecule has 1 N–H and O–H groups in total. The number of carbonyl (C=O) groups is 2. The molecule has 1 aliphatic heterocycles. The maximum Gasteiger partial charge on any atom is 0.246 e. The van der Waals surface area contributed by atoms with Crippen LogP contribution < -0.4 is 5.32 Å². The van der Waals surface area contributed by atoms with Gasteiger partial charge in [0.15, 0.2) is 0 Å². The van der Waals surface area contributed by atoms with E-state index < -0.39 is 5.54 Å². The standard InChI is InChI=1S/C14H26N2O2/c1-6-8-16-12(17)11(9-10(3)4)15-13(18)14(16,5)7-2/h10-11H,6-9H2,1-5H3,(H,15,18). The van der Waals surface area contributed by atoms with Crippen molar-refractivity contribution in [2.75, 3.05) is 6.54 Å². The van der Waals surface area contributed by atoms with Crippen molar-refractivity contribution in [2.45, 2.75) is 65.5 Å². The fraction of sp³-hybridized carbons (Fsp3) is 0.857. The quantitative estimate of drug-likeness (QED) is 0.815. The second-order valence-electron chi connectivity index (χ2n) is 5.77. The minimum Gasteiger partial charge on any atom is -0.342 e. The number of carbonyl (C=O) groups excluding carboxylic acids is 2. The number of nitrogens with one attached hydrogen (secondary N) is 1. The second kappa shape index (κ2) is 5.72. The fourth-order valence-electron chi connectivity index (χ4n) is 2.49. The molecule has 0 saturated carbocycles. The van der Waals surface area contributed by atoms with Crippen molar-refractivity contribution >= 4 is 11.8 Å². The molecule has 1 aliphatic rings. The lowest BCUT2D eigenvalue weighted by atomic mass is 9.88. The molecule has 2 atom stereocenters. The molecule has 2 unspecified atom stereocenters. The maximum absolute atomic E-state index is 12.5. The van der Waals surface area contributed by atoms with Crippen molar-refractivity contribution < 1.29 is 9.59 Å². The van der Waals surface area contributed by atoms with Gasteiger partial charge >= 0.3 is 0 Å². The summed E-state index contributed by atoms with van der Waals surface area (Å²) in [5.74, 6) is 0.465. The van der Waals surface area contributed by atoms with E-state index in [9.17, 15) is 9.59 Å². The summed E-state index contributed by atoms with van der Waals surface area (Å²) in [5, 5.41) is 2.90. The lowest BCUT2D eigenvalue weighted by Crippen LogP contribution is -2.69. The first-order chi connectivity index (χ1) is 8.36. The Morgan fingerprint density at radius 1 is 1.33 bits per heavy atom. The van der Waals surface area contributed by atoms with E-state index in [1.807, 2.05) is 20.8 Å². The van der Waals surface area contributed by atoms with Crippen LogP contribution >= 0.6 is 0 Å². The predicted octanol–water partition coefficient (Wildman–Crippen LogP) is 1.94. The lowest BCUT2D eigenvalue weighted by Gasteiger charge is -2.46. The molecule has 0 aliphatic carbocycles. The van der Waals surface area contributed by atoms with Crippen LogP contribution in [-0.2, 0) is 9.59 Å². The summed E-state index contributed by atoms with van der Waals surface area (Å²) in [5.41, 5.74) is -0.680. The smallest absolute Gasteiger partial charge is 0.246 e. The summed E-state index contributed by atoms with van der Waals surface area (Å²) in [6.45, 7) is 10.6. The van der Waals surface area contributed by atoms with Crippen LogP contribution in [0.5, 0.6) is 0 Å². The molecule has 0 aromatic heterocycles. The van der Waals surface area contributed by atoms with Crippen molar-refractivity contribution in [1.82, 2.24) is 10.2 Å². The first-order valence-corrected chi connectivity index (χ1v) is 6.99. The molecule has 0 radical (unpaired) electrons. The van der Waals surface area contributed by atoms with Gasteiger partial charge in [-0.1, -0.05) is 27.7 Å². The molecule has 0 spiro atoms. The molecule has 2 amide bonds. The molecule has 0 bridgehead atoms. The van der Waals surface area contributed by atoms with Gasteiger partial charge in [-0.05, 0) is 32.1 Å². The highest BCUT2D eigenvalue weighted by atomic mass is 16.2. The Hall–Kier alpha value is -1.06. The Bertz CT molecular complexity index is 328. The van der Waals surface area contributed by atoms with E-state index >= 15 is 0 Å². The van der Waals surface area contributed by atoms with Crippen molar-refractivity contribution in [2.24, 2.45) is 5.92 Å². The summed E-state index contributed by atoms with van der Waals surface area (Å²) in [4.78, 5) is 26.5. The number of piperazine rings is 1. The second-order valence-corrected chi connectivity index (χ2v) is 5.77. The van der Waals surface area contributed by atoms with Crippen molar-refractivity contribution in [1.29, 1.82) is 0 Å². The van der Waals surface area contributed by atoms with Crippen LogP contribution in [0, 0.1) is 5.92 Å². The zero-order valence-corrected chi connectivity index (χ0v) is 12.2. The zero-order valence-electron chi connectivity index (χ0n) is 12.2. The van der Waals surface area contributed by atoms with Crippen LogP contribution in [0.15, 0.2) is 0 Å². The van der Waals surface area contributed by atoms with Crippen LogP contribution in [0.4, 0.5) is 0 Å². The fourth-order valence-corrected chi connectivity index (χ4v) is 2.49. The van der Waals surface area contributed by atoms with Crippen LogP contribution in [-0.4, -0.2) is 34.8 Å². The molecule has 0 aromatic rings. The number of hydrogen-bond donors (Lipinski definition) is 1. The largest absolute Gasteiger partial charge is 0.342 e. The highest BCUT2D eigenvalue weighted by Crippen LogP contribution is 2.26. The average Bonchev–Trinajstić information content (AvgIpc) is 2.31. The van der Waals surface area contributed by atoms with Gasteiger partial charge in [0.25, 0.3) is 0 Å². The molecular formula is C14H26N2O2. The van der Waals surface area contributed by atoms with Gasteiger partial charge in [0, 0.05) is 6.54 Å². The van der Waals surface area contributed by atoms with E-state index in [0.29, 0.717) is 25.3 Å². The molecule has 18 heavy (non-hydrogen) atoms. The zero-order chi connectivity index (χ0) is 13.9. The third kappa shape index (κ3) is 2.68. The SMILES string of the molecule is CCCN1C(=O)C(CC(C)C)NC(=O)C1(C)CC. The van der Waals surface area contributed by atoms with E-state index in [-0.39, 0.29) is 17.9 Å². The highest BCUT2D eigenvalue weighted by molar-refractivity contribution is 5.99. The number of amides is 2. The van der Waals surface area contributed by atoms with Gasteiger partial charge in [-0.25, -0.2) is 0 Å². The number of hydrogen-bond acceptors (Lipinski definition) is 2. The van der Waals surface area contributed by atoms with E-state index in [0.717, 1.165) is 6.42 Å². The Balaban J connectivity index is 2.97. The van der Waals surface area contributed by atoms with Gasteiger partial charge in [-0.3, -0.25) is 9.59 Å². The molecule has 1 rings (SSSR count). The summed E-state index contributed by atoms with van der Waals surface area (Å²) >= 11 is 0. The lowest BCUT2D eigenvalue weighted by molar-refractivity contribution is -0.157. The Morgan fingerprint density at radius 2 is 1.94 bits per heavy atom. The third-order valence-electron chi connectivity index (χ3n) is 3.80. The number of nitrogens with zero attached hydrogens (tertiary/aromatic N) is 1. The van der Waals surface area contributed by atoms with Gasteiger partial charge in [-0.2, -0.15) is 0 Å². The normalized spacial score (nSPS) is 28.8. The maximum atomic E-state index is 12.5. The third-order valence-corrected chi connectivity index (χ3v) is 3.80. The first-order valence-electron chi connectivity index (χ1n) is 6.99. The molecule has 1 fully saturated rings. The van der Waals surface area contributed by atoms with Gasteiger partial charge in [-0.15, -0.1) is 0 Å². The predicted molar refractivity (Wildman–Crippen MR) is 72.1 cm³/mol. The summed E-state index contributed by atoms with van der Waals surface area (Å²) in [7, 11) is 0. The van der Waals surface area contributed by atoms with Gasteiger partial charge < -0.3 is 10.2 Å².